The molecule has 1 saturated heterocycles. The van der Waals surface area contributed by atoms with Crippen molar-refractivity contribution in [2.24, 2.45) is 0 Å². The Bertz CT molecular complexity index is 873. The van der Waals surface area contributed by atoms with E-state index in [-0.39, 0.29) is 11.5 Å². The highest BCUT2D eigenvalue weighted by Crippen LogP contribution is 2.17. The number of rotatable bonds is 4. The molecule has 1 heterocycles. The lowest BCUT2D eigenvalue weighted by Crippen LogP contribution is -3.15. The van der Waals surface area contributed by atoms with Crippen LogP contribution < -0.4 is 10.2 Å². The van der Waals surface area contributed by atoms with E-state index >= 15 is 0 Å². The number of nitrogens with one attached hydrogen (secondary N) is 2. The summed E-state index contributed by atoms with van der Waals surface area (Å²) in [6.07, 6.45) is 0. The zero-order valence-corrected chi connectivity index (χ0v) is 16.0. The first-order chi connectivity index (χ1) is 13.3. The molecule has 1 fully saturated rings. The smallest absolute Gasteiger partial charge is 0.279 e. The molecule has 0 atom stereocenters. The first kappa shape index (κ1) is 19.9. The van der Waals surface area contributed by atoms with E-state index in [9.17, 15) is 18.4 Å². The zero-order valence-electron chi connectivity index (χ0n) is 16.0. The van der Waals surface area contributed by atoms with E-state index in [0.717, 1.165) is 39.9 Å². The van der Waals surface area contributed by atoms with Crippen molar-refractivity contribution in [3.05, 3.63) is 64.7 Å². The molecule has 1 aliphatic heterocycles. The van der Waals surface area contributed by atoms with Crippen molar-refractivity contribution in [1.82, 2.24) is 4.90 Å². The second kappa shape index (κ2) is 8.48. The number of carbonyl (C=O) groups excluding carboxylic acids is 2. The van der Waals surface area contributed by atoms with Crippen LogP contribution in [-0.4, -0.2) is 49.4 Å². The lowest BCUT2D eigenvalue weighted by atomic mass is 10.1. The van der Waals surface area contributed by atoms with Gasteiger partial charge in [-0.25, -0.2) is 8.78 Å². The molecule has 0 saturated carbocycles. The Balaban J connectivity index is 1.53. The Hall–Kier alpha value is -2.80. The van der Waals surface area contributed by atoms with E-state index in [1.807, 2.05) is 32.0 Å². The van der Waals surface area contributed by atoms with E-state index in [1.54, 1.807) is 4.90 Å². The number of hydrogen-bond donors (Lipinski definition) is 2. The molecule has 2 N–H and O–H groups in total. The quantitative estimate of drug-likeness (QED) is 0.835. The van der Waals surface area contributed by atoms with Gasteiger partial charge in [0.1, 0.15) is 11.6 Å². The van der Waals surface area contributed by atoms with Crippen LogP contribution >= 0.6 is 0 Å². The van der Waals surface area contributed by atoms with Gasteiger partial charge in [0.2, 0.25) is 0 Å². The summed E-state index contributed by atoms with van der Waals surface area (Å²) in [5.74, 6) is -2.00. The first-order valence-corrected chi connectivity index (χ1v) is 9.28. The summed E-state index contributed by atoms with van der Waals surface area (Å²) < 4.78 is 26.7. The topological polar surface area (TPSA) is 53.9 Å². The summed E-state index contributed by atoms with van der Waals surface area (Å²) in [5, 5.41) is 2.95. The van der Waals surface area contributed by atoms with Crippen LogP contribution in [0.15, 0.2) is 36.4 Å². The van der Waals surface area contributed by atoms with Gasteiger partial charge in [0, 0.05) is 17.3 Å². The number of quaternary nitrogens is 1. The maximum absolute atomic E-state index is 13.3. The van der Waals surface area contributed by atoms with Gasteiger partial charge >= 0.3 is 0 Å². The normalized spacial score (nSPS) is 14.8. The van der Waals surface area contributed by atoms with Crippen molar-refractivity contribution in [3.63, 3.8) is 0 Å². The van der Waals surface area contributed by atoms with Gasteiger partial charge in [-0.1, -0.05) is 12.1 Å². The second-order valence-corrected chi connectivity index (χ2v) is 7.17. The number of hydrogen-bond acceptors (Lipinski definition) is 2. The molecule has 0 radical (unpaired) electrons. The molecule has 0 bridgehead atoms. The first-order valence-electron chi connectivity index (χ1n) is 9.28. The number of benzene rings is 2. The lowest BCUT2D eigenvalue weighted by molar-refractivity contribution is -0.895. The lowest BCUT2D eigenvalue weighted by Gasteiger charge is -2.32. The molecule has 0 aliphatic carbocycles. The number of anilines is 1. The number of carbonyl (C=O) groups is 2. The SMILES string of the molecule is Cc1cccc(NC(=O)C[NH+]2CCN(C(=O)c3cc(F)cc(F)c3)CC2)c1C. The van der Waals surface area contributed by atoms with Crippen LogP contribution in [0.3, 0.4) is 0 Å². The van der Waals surface area contributed by atoms with Crippen molar-refractivity contribution < 1.29 is 23.3 Å². The number of halogens is 2. The predicted octanol–water partition coefficient (Wildman–Crippen LogP) is 1.56. The third kappa shape index (κ3) is 4.72. The molecular weight excluding hydrogens is 364 g/mol. The minimum absolute atomic E-state index is 0.00798. The maximum Gasteiger partial charge on any atom is 0.279 e. The Morgan fingerprint density at radius 1 is 1.07 bits per heavy atom. The standard InChI is InChI=1S/C21H23F2N3O2/c1-14-4-3-5-19(15(14)2)24-20(27)13-25-6-8-26(9-7-25)21(28)16-10-17(22)12-18(23)11-16/h3-5,10-12H,6-9,13H2,1-2H3,(H,24,27)/p+1. The van der Waals surface area contributed by atoms with Gasteiger partial charge in [-0.05, 0) is 43.2 Å². The third-order valence-electron chi connectivity index (χ3n) is 5.16. The Labute approximate surface area is 162 Å². The average molecular weight is 388 g/mol. The highest BCUT2D eigenvalue weighted by molar-refractivity contribution is 5.94. The molecule has 5 nitrogen and oxygen atoms in total. The number of nitrogens with zero attached hydrogens (tertiary/aromatic N) is 1. The molecule has 3 rings (SSSR count). The summed E-state index contributed by atoms with van der Waals surface area (Å²) in [5.41, 5.74) is 2.98. The maximum atomic E-state index is 13.3. The van der Waals surface area contributed by atoms with E-state index in [2.05, 4.69) is 5.32 Å². The summed E-state index contributed by atoms with van der Waals surface area (Å²) in [7, 11) is 0. The van der Waals surface area contributed by atoms with Gasteiger partial charge in [0.25, 0.3) is 11.8 Å². The van der Waals surface area contributed by atoms with Gasteiger partial charge < -0.3 is 15.1 Å². The highest BCUT2D eigenvalue weighted by atomic mass is 19.1. The fourth-order valence-corrected chi connectivity index (χ4v) is 3.37. The summed E-state index contributed by atoms with van der Waals surface area (Å²) in [6, 6.07) is 8.61. The van der Waals surface area contributed by atoms with E-state index in [4.69, 9.17) is 0 Å². The fraction of sp³-hybridized carbons (Fsp3) is 0.333. The van der Waals surface area contributed by atoms with Crippen LogP contribution in [0.5, 0.6) is 0 Å². The third-order valence-corrected chi connectivity index (χ3v) is 5.16. The largest absolute Gasteiger partial charge is 0.327 e. The van der Waals surface area contributed by atoms with Crippen molar-refractivity contribution in [1.29, 1.82) is 0 Å². The molecule has 0 unspecified atom stereocenters. The number of piperazine rings is 1. The summed E-state index contributed by atoms with van der Waals surface area (Å²) >= 11 is 0. The van der Waals surface area contributed by atoms with Gasteiger partial charge in [0.05, 0.1) is 26.2 Å². The molecule has 148 valence electrons. The molecule has 2 amide bonds. The zero-order chi connectivity index (χ0) is 20.3. The van der Waals surface area contributed by atoms with Crippen molar-refractivity contribution in [2.45, 2.75) is 13.8 Å². The monoisotopic (exact) mass is 388 g/mol. The van der Waals surface area contributed by atoms with Crippen LogP contribution in [0, 0.1) is 25.5 Å². The molecule has 2 aromatic carbocycles. The van der Waals surface area contributed by atoms with E-state index in [1.165, 1.54) is 0 Å². The van der Waals surface area contributed by atoms with Crippen molar-refractivity contribution in [2.75, 3.05) is 38.0 Å². The minimum atomic E-state index is -0.768. The molecule has 2 aromatic rings. The van der Waals surface area contributed by atoms with Crippen LogP contribution in [0.2, 0.25) is 0 Å². The Kier molecular flexibility index (Phi) is 6.04. The summed E-state index contributed by atoms with van der Waals surface area (Å²) in [6.45, 7) is 6.35. The summed E-state index contributed by atoms with van der Waals surface area (Å²) in [4.78, 5) is 27.4. The van der Waals surface area contributed by atoms with E-state index in [0.29, 0.717) is 32.7 Å². The molecule has 0 spiro atoms. The molecule has 1 aliphatic rings. The van der Waals surface area contributed by atoms with Crippen LogP contribution in [-0.2, 0) is 4.79 Å². The number of amides is 2. The minimum Gasteiger partial charge on any atom is -0.327 e. The van der Waals surface area contributed by atoms with Crippen LogP contribution in [0.25, 0.3) is 0 Å². The molecule has 28 heavy (non-hydrogen) atoms. The Morgan fingerprint density at radius 3 is 2.36 bits per heavy atom. The van der Waals surface area contributed by atoms with Gasteiger partial charge in [0.15, 0.2) is 6.54 Å². The predicted molar refractivity (Wildman–Crippen MR) is 102 cm³/mol. The van der Waals surface area contributed by atoms with E-state index < -0.39 is 17.5 Å². The molecule has 7 heteroatoms. The molecular formula is C21H24F2N3O2+. The van der Waals surface area contributed by atoms with Crippen LogP contribution in [0.4, 0.5) is 14.5 Å². The van der Waals surface area contributed by atoms with Crippen molar-refractivity contribution in [3.8, 4) is 0 Å². The second-order valence-electron chi connectivity index (χ2n) is 7.17. The molecule has 0 aromatic heterocycles. The van der Waals surface area contributed by atoms with Gasteiger partial charge in [-0.2, -0.15) is 0 Å². The average Bonchev–Trinajstić information content (AvgIpc) is 2.65. The van der Waals surface area contributed by atoms with Crippen LogP contribution in [0.1, 0.15) is 21.5 Å². The number of aryl methyl sites for hydroxylation is 1. The van der Waals surface area contributed by atoms with Gasteiger partial charge in [-0.3, -0.25) is 9.59 Å². The van der Waals surface area contributed by atoms with Crippen molar-refractivity contribution >= 4 is 17.5 Å². The highest BCUT2D eigenvalue weighted by Gasteiger charge is 2.26. The van der Waals surface area contributed by atoms with Gasteiger partial charge in [-0.15, -0.1) is 0 Å². The Morgan fingerprint density at radius 2 is 1.71 bits per heavy atom. The fourth-order valence-electron chi connectivity index (χ4n) is 3.37.